The Morgan fingerprint density at radius 2 is 2.08 bits per heavy atom. The van der Waals surface area contributed by atoms with Crippen molar-refractivity contribution in [3.8, 4) is 0 Å². The second-order valence-electron chi connectivity index (χ2n) is 2.48. The van der Waals surface area contributed by atoms with Gasteiger partial charge < -0.3 is 0 Å². The molecule has 3 heteroatoms. The fraction of sp³-hybridized carbons (Fsp3) is 0.333. The number of benzene rings is 1. The maximum absolute atomic E-state index is 13.0. The standard InChI is InChI=1S/C9H11FOS/c1-2-7-12(11)9-6-4-3-5-8(9)10/h3-6H,2,7H2,1H3. The Morgan fingerprint density at radius 3 is 2.67 bits per heavy atom. The van der Waals surface area contributed by atoms with Crippen molar-refractivity contribution in [2.45, 2.75) is 18.2 Å². The first kappa shape index (κ1) is 9.39. The summed E-state index contributed by atoms with van der Waals surface area (Å²) < 4.78 is 24.3. The van der Waals surface area contributed by atoms with E-state index >= 15 is 0 Å². The Kier molecular flexibility index (Phi) is 3.41. The average Bonchev–Trinajstić information content (AvgIpc) is 2.05. The van der Waals surface area contributed by atoms with Crippen molar-refractivity contribution in [1.29, 1.82) is 0 Å². The van der Waals surface area contributed by atoms with Crippen LogP contribution in [0.25, 0.3) is 0 Å². The minimum Gasteiger partial charge on any atom is -0.254 e. The number of halogens is 1. The number of hydrogen-bond acceptors (Lipinski definition) is 1. The maximum atomic E-state index is 13.0. The predicted octanol–water partition coefficient (Wildman–Crippen LogP) is 2.34. The van der Waals surface area contributed by atoms with Crippen LogP contribution in [0.4, 0.5) is 4.39 Å². The summed E-state index contributed by atoms with van der Waals surface area (Å²) >= 11 is 0. The Bertz CT molecular complexity index is 286. The fourth-order valence-corrected chi connectivity index (χ4v) is 2.03. The molecule has 1 aromatic rings. The highest BCUT2D eigenvalue weighted by Crippen LogP contribution is 2.11. The van der Waals surface area contributed by atoms with Crippen LogP contribution in [0.1, 0.15) is 13.3 Å². The Morgan fingerprint density at radius 1 is 1.42 bits per heavy atom. The molecule has 1 nitrogen and oxygen atoms in total. The monoisotopic (exact) mass is 186 g/mol. The lowest BCUT2D eigenvalue weighted by Gasteiger charge is -2.00. The van der Waals surface area contributed by atoms with Gasteiger partial charge in [0.2, 0.25) is 0 Å². The Labute approximate surface area is 74.1 Å². The van der Waals surface area contributed by atoms with E-state index in [9.17, 15) is 8.60 Å². The van der Waals surface area contributed by atoms with Crippen LogP contribution >= 0.6 is 0 Å². The summed E-state index contributed by atoms with van der Waals surface area (Å²) in [7, 11) is -1.17. The van der Waals surface area contributed by atoms with Crippen LogP contribution in [0.5, 0.6) is 0 Å². The quantitative estimate of drug-likeness (QED) is 0.708. The lowest BCUT2D eigenvalue weighted by molar-refractivity contribution is 0.595. The molecule has 0 fully saturated rings. The van der Waals surface area contributed by atoms with Crippen molar-refractivity contribution in [2.75, 3.05) is 5.75 Å². The van der Waals surface area contributed by atoms with E-state index < -0.39 is 10.8 Å². The molecule has 0 aliphatic carbocycles. The van der Waals surface area contributed by atoms with Crippen molar-refractivity contribution >= 4 is 10.8 Å². The second-order valence-corrected chi connectivity index (χ2v) is 4.02. The van der Waals surface area contributed by atoms with Crippen LogP contribution in [0, 0.1) is 5.82 Å². The molecule has 1 atom stereocenters. The third kappa shape index (κ3) is 2.14. The molecule has 12 heavy (non-hydrogen) atoms. The molecule has 1 rings (SSSR count). The Balaban J connectivity index is 2.87. The largest absolute Gasteiger partial charge is 0.254 e. The molecule has 0 spiro atoms. The summed E-state index contributed by atoms with van der Waals surface area (Å²) in [5.41, 5.74) is 0. The SMILES string of the molecule is CCCS(=O)c1ccccc1F. The highest BCUT2D eigenvalue weighted by Gasteiger charge is 2.06. The van der Waals surface area contributed by atoms with Gasteiger partial charge >= 0.3 is 0 Å². The zero-order valence-electron chi connectivity index (χ0n) is 6.92. The molecule has 0 amide bonds. The van der Waals surface area contributed by atoms with Gasteiger partial charge in [0.1, 0.15) is 5.82 Å². The molecule has 0 N–H and O–H groups in total. The van der Waals surface area contributed by atoms with E-state index in [0.29, 0.717) is 10.6 Å². The van der Waals surface area contributed by atoms with Gasteiger partial charge in [-0.25, -0.2) is 4.39 Å². The van der Waals surface area contributed by atoms with E-state index in [0.717, 1.165) is 6.42 Å². The molecule has 0 bridgehead atoms. The van der Waals surface area contributed by atoms with Crippen molar-refractivity contribution in [2.24, 2.45) is 0 Å². The minimum atomic E-state index is -1.17. The van der Waals surface area contributed by atoms with Gasteiger partial charge in [-0.05, 0) is 18.6 Å². The van der Waals surface area contributed by atoms with Gasteiger partial charge in [0.05, 0.1) is 15.7 Å². The van der Waals surface area contributed by atoms with Crippen LogP contribution in [-0.4, -0.2) is 9.96 Å². The van der Waals surface area contributed by atoms with Gasteiger partial charge in [-0.3, -0.25) is 4.21 Å². The first-order valence-corrected chi connectivity index (χ1v) is 5.20. The third-order valence-electron chi connectivity index (χ3n) is 1.47. The molecule has 0 aromatic heterocycles. The fourth-order valence-electron chi connectivity index (χ4n) is 0.925. The molecule has 0 saturated carbocycles. The van der Waals surface area contributed by atoms with Crippen LogP contribution in [0.2, 0.25) is 0 Å². The zero-order valence-corrected chi connectivity index (χ0v) is 7.73. The van der Waals surface area contributed by atoms with Crippen molar-refractivity contribution in [3.05, 3.63) is 30.1 Å². The molecule has 66 valence electrons. The molecular weight excluding hydrogens is 175 g/mol. The lowest BCUT2D eigenvalue weighted by Crippen LogP contribution is -1.98. The summed E-state index contributed by atoms with van der Waals surface area (Å²) in [6.07, 6.45) is 0.806. The van der Waals surface area contributed by atoms with E-state index in [-0.39, 0.29) is 5.82 Å². The van der Waals surface area contributed by atoms with Gasteiger partial charge in [-0.2, -0.15) is 0 Å². The van der Waals surface area contributed by atoms with Gasteiger partial charge in [-0.15, -0.1) is 0 Å². The molecule has 0 aliphatic heterocycles. The summed E-state index contributed by atoms with van der Waals surface area (Å²) in [5.74, 6) is 0.158. The third-order valence-corrected chi connectivity index (χ3v) is 3.07. The van der Waals surface area contributed by atoms with Crippen LogP contribution in [0.3, 0.4) is 0 Å². The van der Waals surface area contributed by atoms with Crippen molar-refractivity contribution in [1.82, 2.24) is 0 Å². The van der Waals surface area contributed by atoms with Gasteiger partial charge in [0, 0.05) is 5.75 Å². The number of rotatable bonds is 3. The summed E-state index contributed by atoms with van der Waals surface area (Å²) in [5, 5.41) is 0. The minimum absolute atomic E-state index is 0.319. The molecule has 0 radical (unpaired) electrons. The van der Waals surface area contributed by atoms with E-state index in [1.54, 1.807) is 18.2 Å². The summed E-state index contributed by atoms with van der Waals surface area (Å²) in [4.78, 5) is 0.319. The highest BCUT2D eigenvalue weighted by molar-refractivity contribution is 7.85. The highest BCUT2D eigenvalue weighted by atomic mass is 32.2. The second kappa shape index (κ2) is 4.36. The molecule has 1 unspecified atom stereocenters. The molecule has 0 heterocycles. The average molecular weight is 186 g/mol. The van der Waals surface area contributed by atoms with E-state index in [1.165, 1.54) is 6.07 Å². The summed E-state index contributed by atoms with van der Waals surface area (Å²) in [6, 6.07) is 6.21. The van der Waals surface area contributed by atoms with E-state index in [4.69, 9.17) is 0 Å². The normalized spacial score (nSPS) is 12.8. The smallest absolute Gasteiger partial charge is 0.139 e. The van der Waals surface area contributed by atoms with E-state index in [1.807, 2.05) is 6.92 Å². The molecule has 0 saturated heterocycles. The molecular formula is C9H11FOS. The van der Waals surface area contributed by atoms with Crippen LogP contribution < -0.4 is 0 Å². The topological polar surface area (TPSA) is 17.1 Å². The first-order valence-electron chi connectivity index (χ1n) is 3.88. The van der Waals surface area contributed by atoms with Gasteiger partial charge in [-0.1, -0.05) is 19.1 Å². The van der Waals surface area contributed by atoms with Crippen molar-refractivity contribution in [3.63, 3.8) is 0 Å². The van der Waals surface area contributed by atoms with Crippen molar-refractivity contribution < 1.29 is 8.60 Å². The maximum Gasteiger partial charge on any atom is 0.139 e. The van der Waals surface area contributed by atoms with E-state index in [2.05, 4.69) is 0 Å². The molecule has 1 aromatic carbocycles. The predicted molar refractivity (Wildman–Crippen MR) is 48.0 cm³/mol. The van der Waals surface area contributed by atoms with Gasteiger partial charge in [0.25, 0.3) is 0 Å². The number of hydrogen-bond donors (Lipinski definition) is 0. The van der Waals surface area contributed by atoms with Crippen LogP contribution in [0.15, 0.2) is 29.2 Å². The Hall–Kier alpha value is -0.700. The van der Waals surface area contributed by atoms with Gasteiger partial charge in [0.15, 0.2) is 0 Å². The zero-order chi connectivity index (χ0) is 8.97. The summed E-state index contributed by atoms with van der Waals surface area (Å²) in [6.45, 7) is 1.93. The molecule has 0 aliphatic rings. The van der Waals surface area contributed by atoms with Crippen LogP contribution in [-0.2, 0) is 10.8 Å². The lowest BCUT2D eigenvalue weighted by atomic mass is 10.3. The first-order chi connectivity index (χ1) is 5.75.